The summed E-state index contributed by atoms with van der Waals surface area (Å²) in [6, 6.07) is 0. The van der Waals surface area contributed by atoms with Crippen molar-refractivity contribution in [3.8, 4) is 0 Å². The second-order valence-electron chi connectivity index (χ2n) is 6.63. The summed E-state index contributed by atoms with van der Waals surface area (Å²) in [5.74, 6) is 0.634. The molecule has 0 saturated heterocycles. The van der Waals surface area contributed by atoms with Crippen molar-refractivity contribution in [2.24, 2.45) is 10.4 Å². The highest BCUT2D eigenvalue weighted by Gasteiger charge is 2.33. The Kier molecular flexibility index (Phi) is 10.2. The van der Waals surface area contributed by atoms with Crippen molar-refractivity contribution in [3.63, 3.8) is 0 Å². The van der Waals surface area contributed by atoms with Crippen molar-refractivity contribution in [1.29, 1.82) is 0 Å². The fraction of sp³-hybridized carbons (Fsp3) is 0.733. The monoisotopic (exact) mass is 493 g/mol. The fourth-order valence-electron chi connectivity index (χ4n) is 2.30. The average molecular weight is 493 g/mol. The molecule has 5 nitrogen and oxygen atoms in total. The molecule has 0 spiro atoms. The van der Waals surface area contributed by atoms with Crippen molar-refractivity contribution in [2.75, 3.05) is 40.8 Å². The molecule has 1 aromatic heterocycles. The summed E-state index contributed by atoms with van der Waals surface area (Å²) < 4.78 is 37.5. The minimum Gasteiger partial charge on any atom is -0.356 e. The Hall–Kier alpha value is -0.620. The molecule has 0 unspecified atom stereocenters. The molecule has 146 valence electrons. The van der Waals surface area contributed by atoms with Gasteiger partial charge in [0, 0.05) is 38.5 Å². The van der Waals surface area contributed by atoms with Crippen LogP contribution in [0.1, 0.15) is 24.5 Å². The maximum absolute atomic E-state index is 12.5. The molecule has 0 fully saturated rings. The third-order valence-corrected chi connectivity index (χ3v) is 4.08. The third-order valence-electron chi connectivity index (χ3n) is 3.18. The van der Waals surface area contributed by atoms with Crippen LogP contribution >= 0.6 is 35.3 Å². The molecule has 1 heterocycles. The first-order valence-electron chi connectivity index (χ1n) is 7.64. The Morgan fingerprint density at radius 1 is 1.28 bits per heavy atom. The van der Waals surface area contributed by atoms with Gasteiger partial charge in [0.25, 0.3) is 0 Å². The van der Waals surface area contributed by atoms with E-state index in [0.29, 0.717) is 23.9 Å². The van der Waals surface area contributed by atoms with Crippen molar-refractivity contribution < 1.29 is 13.2 Å². The predicted molar refractivity (Wildman–Crippen MR) is 108 cm³/mol. The van der Waals surface area contributed by atoms with Gasteiger partial charge < -0.3 is 15.5 Å². The summed E-state index contributed by atoms with van der Waals surface area (Å²) >= 11 is 1.02. The van der Waals surface area contributed by atoms with Gasteiger partial charge in [-0.15, -0.1) is 35.3 Å². The smallest absolute Gasteiger partial charge is 0.356 e. The second-order valence-corrected chi connectivity index (χ2v) is 7.57. The molecule has 2 N–H and O–H groups in total. The van der Waals surface area contributed by atoms with Crippen molar-refractivity contribution in [1.82, 2.24) is 20.5 Å². The summed E-state index contributed by atoms with van der Waals surface area (Å²) in [6.45, 7) is 6.44. The molecule has 0 atom stereocenters. The highest BCUT2D eigenvalue weighted by atomic mass is 127. The van der Waals surface area contributed by atoms with Gasteiger partial charge in [0.15, 0.2) is 11.7 Å². The standard InChI is InChI=1S/C15H26F3N5S.HI/c1-14(2,10-23(4)5)9-21-13(19-3)20-7-6-12-22-11(8-24-12)15(16,17)18;/h8H,6-7,9-10H2,1-5H3,(H2,19,20,21);1H. The number of hydrogen-bond donors (Lipinski definition) is 2. The molecule has 0 aromatic carbocycles. The number of guanidine groups is 1. The van der Waals surface area contributed by atoms with Crippen LogP contribution in [0.3, 0.4) is 0 Å². The van der Waals surface area contributed by atoms with Crippen molar-refractivity contribution in [3.05, 3.63) is 16.1 Å². The maximum Gasteiger partial charge on any atom is 0.434 e. The van der Waals surface area contributed by atoms with Gasteiger partial charge in [-0.2, -0.15) is 13.2 Å². The number of nitrogens with one attached hydrogen (secondary N) is 2. The lowest BCUT2D eigenvalue weighted by Crippen LogP contribution is -2.45. The van der Waals surface area contributed by atoms with E-state index in [2.05, 4.69) is 39.4 Å². The average Bonchev–Trinajstić information content (AvgIpc) is 2.90. The molecular formula is C15H27F3IN5S. The Morgan fingerprint density at radius 2 is 1.92 bits per heavy atom. The quantitative estimate of drug-likeness (QED) is 0.349. The first-order chi connectivity index (χ1) is 11.0. The van der Waals surface area contributed by atoms with Crippen LogP contribution in [0.5, 0.6) is 0 Å². The SMILES string of the molecule is CN=C(NCCc1nc(C(F)(F)F)cs1)NCC(C)(C)CN(C)C.I. The third kappa shape index (κ3) is 9.59. The number of thiazole rings is 1. The van der Waals surface area contributed by atoms with Crippen LogP contribution < -0.4 is 10.6 Å². The number of hydrogen-bond acceptors (Lipinski definition) is 4. The van der Waals surface area contributed by atoms with E-state index in [1.54, 1.807) is 7.05 Å². The van der Waals surface area contributed by atoms with E-state index in [9.17, 15) is 13.2 Å². The maximum atomic E-state index is 12.5. The predicted octanol–water partition coefficient (Wildman–Crippen LogP) is 3.08. The van der Waals surface area contributed by atoms with E-state index in [4.69, 9.17) is 0 Å². The minimum atomic E-state index is -4.38. The molecule has 0 aliphatic carbocycles. The number of nitrogens with zero attached hydrogens (tertiary/aromatic N) is 3. The topological polar surface area (TPSA) is 52.6 Å². The van der Waals surface area contributed by atoms with E-state index < -0.39 is 11.9 Å². The first-order valence-corrected chi connectivity index (χ1v) is 8.52. The largest absolute Gasteiger partial charge is 0.434 e. The lowest BCUT2D eigenvalue weighted by atomic mass is 9.93. The molecule has 0 amide bonds. The van der Waals surface area contributed by atoms with Crippen LogP contribution in [0, 0.1) is 5.41 Å². The van der Waals surface area contributed by atoms with Gasteiger partial charge in [-0.3, -0.25) is 4.99 Å². The van der Waals surface area contributed by atoms with Gasteiger partial charge in [0.2, 0.25) is 0 Å². The number of aliphatic imine (C=N–C) groups is 1. The van der Waals surface area contributed by atoms with Crippen LogP contribution in [-0.4, -0.2) is 56.6 Å². The van der Waals surface area contributed by atoms with Gasteiger partial charge in [-0.05, 0) is 19.5 Å². The minimum absolute atomic E-state index is 0. The zero-order valence-electron chi connectivity index (χ0n) is 15.2. The normalized spacial score (nSPS) is 12.9. The number of rotatable bonds is 7. The summed E-state index contributed by atoms with van der Waals surface area (Å²) in [7, 11) is 5.72. The number of aromatic nitrogens is 1. The zero-order valence-corrected chi connectivity index (χ0v) is 18.3. The second kappa shape index (κ2) is 10.5. The van der Waals surface area contributed by atoms with E-state index >= 15 is 0 Å². The Balaban J connectivity index is 0.00000576. The summed E-state index contributed by atoms with van der Waals surface area (Å²) in [5.41, 5.74) is -0.756. The Bertz CT molecular complexity index is 544. The van der Waals surface area contributed by atoms with Gasteiger partial charge in [-0.1, -0.05) is 13.8 Å². The van der Waals surface area contributed by atoms with E-state index in [1.807, 2.05) is 14.1 Å². The summed E-state index contributed by atoms with van der Waals surface area (Å²) in [5, 5.41) is 7.85. The van der Waals surface area contributed by atoms with Gasteiger partial charge in [0.1, 0.15) is 0 Å². The van der Waals surface area contributed by atoms with E-state index in [0.717, 1.165) is 29.8 Å². The molecule has 1 aromatic rings. The first kappa shape index (κ1) is 24.4. The van der Waals surface area contributed by atoms with Gasteiger partial charge in [-0.25, -0.2) is 4.98 Å². The molecule has 0 aliphatic heterocycles. The van der Waals surface area contributed by atoms with E-state index in [-0.39, 0.29) is 29.4 Å². The van der Waals surface area contributed by atoms with Crippen LogP contribution in [-0.2, 0) is 12.6 Å². The summed E-state index contributed by atoms with van der Waals surface area (Å²) in [4.78, 5) is 9.86. The highest BCUT2D eigenvalue weighted by Crippen LogP contribution is 2.29. The molecule has 25 heavy (non-hydrogen) atoms. The van der Waals surface area contributed by atoms with Crippen molar-refractivity contribution >= 4 is 41.3 Å². The molecular weight excluding hydrogens is 466 g/mol. The van der Waals surface area contributed by atoms with Crippen LogP contribution in [0.25, 0.3) is 0 Å². The number of halogens is 4. The van der Waals surface area contributed by atoms with E-state index in [1.165, 1.54) is 0 Å². The van der Waals surface area contributed by atoms with Gasteiger partial charge >= 0.3 is 6.18 Å². The summed E-state index contributed by atoms with van der Waals surface area (Å²) in [6.07, 6.45) is -3.96. The lowest BCUT2D eigenvalue weighted by Gasteiger charge is -2.29. The molecule has 0 saturated carbocycles. The molecule has 0 radical (unpaired) electrons. The van der Waals surface area contributed by atoms with Crippen molar-refractivity contribution in [2.45, 2.75) is 26.4 Å². The van der Waals surface area contributed by atoms with Gasteiger partial charge in [0.05, 0.1) is 5.01 Å². The Labute approximate surface area is 168 Å². The van der Waals surface area contributed by atoms with Crippen LogP contribution in [0.4, 0.5) is 13.2 Å². The lowest BCUT2D eigenvalue weighted by molar-refractivity contribution is -0.140. The highest BCUT2D eigenvalue weighted by molar-refractivity contribution is 14.0. The zero-order chi connectivity index (χ0) is 18.4. The van der Waals surface area contributed by atoms with Crippen LogP contribution in [0.15, 0.2) is 10.4 Å². The Morgan fingerprint density at radius 3 is 2.40 bits per heavy atom. The van der Waals surface area contributed by atoms with Crippen LogP contribution in [0.2, 0.25) is 0 Å². The molecule has 10 heteroatoms. The number of alkyl halides is 3. The molecule has 0 bridgehead atoms. The molecule has 1 rings (SSSR count). The fourth-order valence-corrected chi connectivity index (χ4v) is 3.10. The molecule has 0 aliphatic rings.